The van der Waals surface area contributed by atoms with Crippen LogP contribution < -0.4 is 0 Å². The molecule has 0 aliphatic heterocycles. The van der Waals surface area contributed by atoms with E-state index in [9.17, 15) is 4.79 Å². The highest BCUT2D eigenvalue weighted by atomic mass is 35.5. The summed E-state index contributed by atoms with van der Waals surface area (Å²) in [5.74, 6) is 0.222. The summed E-state index contributed by atoms with van der Waals surface area (Å²) < 4.78 is 3.16. The lowest BCUT2D eigenvalue weighted by Crippen LogP contribution is -2.24. The lowest BCUT2D eigenvalue weighted by molar-refractivity contribution is 0.0978. The molecule has 4 nitrogen and oxygen atoms in total. The van der Waals surface area contributed by atoms with Crippen molar-refractivity contribution in [1.29, 1.82) is 0 Å². The summed E-state index contributed by atoms with van der Waals surface area (Å²) in [5.41, 5.74) is 3.65. The fraction of sp³-hybridized carbons (Fsp3) is 0.333. The molecule has 6 heteroatoms. The predicted octanol–water partition coefficient (Wildman–Crippen LogP) is 6.56. The maximum atomic E-state index is 12.7. The third kappa shape index (κ3) is 4.29. The summed E-state index contributed by atoms with van der Waals surface area (Å²) in [6.45, 7) is 7.56. The Balaban J connectivity index is 1.49. The van der Waals surface area contributed by atoms with Gasteiger partial charge in [-0.3, -0.25) is 9.20 Å². The quantitative estimate of drug-likeness (QED) is 0.219. The topological polar surface area (TPSA) is 37.6 Å². The number of halogens is 1. The second-order valence-electron chi connectivity index (χ2n) is 7.45. The van der Waals surface area contributed by atoms with E-state index in [2.05, 4.69) is 23.1 Å². The molecule has 4 aromatic rings. The second kappa shape index (κ2) is 9.29. The summed E-state index contributed by atoms with van der Waals surface area (Å²) in [7, 11) is 0. The molecule has 0 atom stereocenters. The van der Waals surface area contributed by atoms with Gasteiger partial charge in [-0.05, 0) is 56.7 Å². The summed E-state index contributed by atoms with van der Waals surface area (Å²) >= 11 is 7.93. The van der Waals surface area contributed by atoms with Gasteiger partial charge in [-0.2, -0.15) is 0 Å². The molecule has 0 bridgehead atoms. The largest absolute Gasteiger partial charge is 0.304 e. The highest BCUT2D eigenvalue weighted by Crippen LogP contribution is 2.32. The molecule has 30 heavy (non-hydrogen) atoms. The van der Waals surface area contributed by atoms with Crippen molar-refractivity contribution in [3.05, 3.63) is 59.2 Å². The van der Waals surface area contributed by atoms with Gasteiger partial charge in [0.1, 0.15) is 0 Å². The van der Waals surface area contributed by atoms with Crippen molar-refractivity contribution >= 4 is 43.9 Å². The van der Waals surface area contributed by atoms with Gasteiger partial charge >= 0.3 is 0 Å². The number of Topliss-reactive ketones (excluding diaryl/α,β-unsaturated/α-hetero) is 1. The number of unbranched alkanes of at least 4 members (excludes halogenated alkanes) is 1. The van der Waals surface area contributed by atoms with E-state index in [1.165, 1.54) is 0 Å². The molecule has 4 rings (SSSR count). The molecule has 0 spiro atoms. The third-order valence-corrected chi connectivity index (χ3v) is 6.94. The summed E-state index contributed by atoms with van der Waals surface area (Å²) in [6.07, 6.45) is 4.62. The number of carbonyl (C=O) groups excluding carboxylic acids is 1. The van der Waals surface area contributed by atoms with E-state index in [4.69, 9.17) is 16.6 Å². The minimum Gasteiger partial charge on any atom is -0.304 e. The van der Waals surface area contributed by atoms with E-state index in [-0.39, 0.29) is 5.78 Å². The molecule has 2 aromatic heterocycles. The molecule has 2 heterocycles. The van der Waals surface area contributed by atoms with Crippen LogP contribution in [0.4, 0.5) is 0 Å². The Hall–Kier alpha value is -2.21. The Morgan fingerprint density at radius 3 is 2.70 bits per heavy atom. The van der Waals surface area contributed by atoms with Crippen molar-refractivity contribution in [3.63, 3.8) is 0 Å². The number of imidazole rings is 1. The van der Waals surface area contributed by atoms with E-state index < -0.39 is 0 Å². The molecule has 0 radical (unpaired) electrons. The first-order chi connectivity index (χ1) is 14.6. The molecule has 0 amide bonds. The van der Waals surface area contributed by atoms with E-state index in [0.29, 0.717) is 11.4 Å². The fourth-order valence-corrected chi connectivity index (χ4v) is 5.06. The van der Waals surface area contributed by atoms with Crippen LogP contribution in [0.15, 0.2) is 48.7 Å². The number of benzene rings is 2. The van der Waals surface area contributed by atoms with Crippen LogP contribution in [0.25, 0.3) is 26.4 Å². The van der Waals surface area contributed by atoms with Crippen LogP contribution >= 0.6 is 22.9 Å². The van der Waals surface area contributed by atoms with Crippen LogP contribution in [-0.4, -0.2) is 39.7 Å². The van der Waals surface area contributed by atoms with Crippen LogP contribution in [-0.2, 0) is 0 Å². The first kappa shape index (κ1) is 21.0. The van der Waals surface area contributed by atoms with Gasteiger partial charge in [0.05, 0.1) is 20.9 Å². The maximum Gasteiger partial charge on any atom is 0.195 e. The highest BCUT2D eigenvalue weighted by molar-refractivity contribution is 7.23. The third-order valence-electron chi connectivity index (χ3n) is 5.59. The van der Waals surface area contributed by atoms with Crippen molar-refractivity contribution in [3.8, 4) is 11.3 Å². The SMILES string of the molecule is CCN(CC)CCCCC(=O)c1ccc2c(c1)sc1nc(-c3ccccc3Cl)cn12. The van der Waals surface area contributed by atoms with E-state index in [0.717, 1.165) is 64.5 Å². The first-order valence-corrected chi connectivity index (χ1v) is 11.7. The number of rotatable bonds is 9. The van der Waals surface area contributed by atoms with Crippen molar-refractivity contribution in [2.75, 3.05) is 19.6 Å². The standard InChI is InChI=1S/C24H26ClN3OS/c1-3-27(4-2)14-8-7-11-22(29)17-12-13-21-23(15-17)30-24-26-20(16-28(21)24)18-9-5-6-10-19(18)25/h5-6,9-10,12-13,15-16H,3-4,7-8,11,14H2,1-2H3. The molecular formula is C24H26ClN3OS. The van der Waals surface area contributed by atoms with Gasteiger partial charge in [-0.25, -0.2) is 4.98 Å². The molecule has 0 saturated heterocycles. The summed E-state index contributed by atoms with van der Waals surface area (Å²) in [5, 5.41) is 0.696. The average molecular weight is 440 g/mol. The molecule has 0 unspecified atom stereocenters. The zero-order valence-electron chi connectivity index (χ0n) is 17.4. The minimum absolute atomic E-state index is 0.222. The molecule has 0 saturated carbocycles. The van der Waals surface area contributed by atoms with Crippen LogP contribution in [0.1, 0.15) is 43.5 Å². The fourth-order valence-electron chi connectivity index (χ4n) is 3.78. The smallest absolute Gasteiger partial charge is 0.195 e. The van der Waals surface area contributed by atoms with Gasteiger partial charge in [-0.1, -0.05) is 55.0 Å². The molecule has 0 fully saturated rings. The number of carbonyl (C=O) groups is 1. The van der Waals surface area contributed by atoms with E-state index in [1.807, 2.05) is 48.7 Å². The van der Waals surface area contributed by atoms with Crippen molar-refractivity contribution in [2.24, 2.45) is 0 Å². The monoisotopic (exact) mass is 439 g/mol. The lowest BCUT2D eigenvalue weighted by atomic mass is 10.1. The van der Waals surface area contributed by atoms with E-state index >= 15 is 0 Å². The Morgan fingerprint density at radius 1 is 1.13 bits per heavy atom. The molecule has 2 aromatic carbocycles. The molecular weight excluding hydrogens is 414 g/mol. The Morgan fingerprint density at radius 2 is 1.93 bits per heavy atom. The van der Waals surface area contributed by atoms with Gasteiger partial charge in [0, 0.05) is 23.7 Å². The number of fused-ring (bicyclic) bond motifs is 3. The van der Waals surface area contributed by atoms with Gasteiger partial charge in [0.2, 0.25) is 0 Å². The van der Waals surface area contributed by atoms with Crippen molar-refractivity contribution in [1.82, 2.24) is 14.3 Å². The first-order valence-electron chi connectivity index (χ1n) is 10.5. The molecule has 0 aliphatic rings. The molecule has 156 valence electrons. The Kier molecular flexibility index (Phi) is 6.52. The zero-order chi connectivity index (χ0) is 21.1. The second-order valence-corrected chi connectivity index (χ2v) is 8.87. The van der Waals surface area contributed by atoms with Crippen LogP contribution in [0.5, 0.6) is 0 Å². The number of hydrogen-bond acceptors (Lipinski definition) is 4. The van der Waals surface area contributed by atoms with Crippen LogP contribution in [0.3, 0.4) is 0 Å². The Labute approximate surface area is 186 Å². The van der Waals surface area contributed by atoms with Gasteiger partial charge in [0.25, 0.3) is 0 Å². The number of hydrogen-bond donors (Lipinski definition) is 0. The van der Waals surface area contributed by atoms with Crippen molar-refractivity contribution in [2.45, 2.75) is 33.1 Å². The molecule has 0 N–H and O–H groups in total. The zero-order valence-corrected chi connectivity index (χ0v) is 19.0. The van der Waals surface area contributed by atoms with E-state index in [1.54, 1.807) is 11.3 Å². The van der Waals surface area contributed by atoms with Crippen molar-refractivity contribution < 1.29 is 4.79 Å². The molecule has 0 aliphatic carbocycles. The maximum absolute atomic E-state index is 12.7. The number of thiazole rings is 1. The lowest BCUT2D eigenvalue weighted by Gasteiger charge is -2.17. The highest BCUT2D eigenvalue weighted by Gasteiger charge is 2.14. The summed E-state index contributed by atoms with van der Waals surface area (Å²) in [6, 6.07) is 13.7. The predicted molar refractivity (Wildman–Crippen MR) is 127 cm³/mol. The summed E-state index contributed by atoms with van der Waals surface area (Å²) in [4.78, 5) is 20.7. The van der Waals surface area contributed by atoms with Gasteiger partial charge in [0.15, 0.2) is 10.7 Å². The normalized spacial score (nSPS) is 11.7. The number of ketones is 1. The number of nitrogens with zero attached hydrogens (tertiary/aromatic N) is 3. The average Bonchev–Trinajstić information content (AvgIpc) is 3.31. The van der Waals surface area contributed by atoms with Crippen LogP contribution in [0.2, 0.25) is 5.02 Å². The number of aromatic nitrogens is 2. The minimum atomic E-state index is 0.222. The van der Waals surface area contributed by atoms with Gasteiger partial charge < -0.3 is 4.90 Å². The van der Waals surface area contributed by atoms with Crippen LogP contribution in [0, 0.1) is 0 Å². The van der Waals surface area contributed by atoms with Gasteiger partial charge in [-0.15, -0.1) is 0 Å². The Bertz CT molecular complexity index is 1180.